The number of hydrogen-bond acceptors (Lipinski definition) is 2. The highest BCUT2D eigenvalue weighted by atomic mass is 35.5. The molecule has 0 rings (SSSR count). The molecule has 4 heteroatoms. The molecule has 0 saturated heterocycles. The molecular weight excluding hydrogens is 243 g/mol. The fraction of sp³-hybridized carbons (Fsp3) is 0.667. The quantitative estimate of drug-likeness (QED) is 0.559. The van der Waals surface area contributed by atoms with E-state index in [4.69, 9.17) is 16.3 Å². The van der Waals surface area contributed by atoms with Gasteiger partial charge in [-0.05, 0) is 24.3 Å². The molecule has 0 atom stereocenters. The monoisotopic (exact) mass is 264 g/mol. The Bertz CT molecular complexity index is 345. The molecule has 0 fully saturated rings. The van der Waals surface area contributed by atoms with Crippen LogP contribution in [0.5, 0.6) is 0 Å². The van der Waals surface area contributed by atoms with Crippen LogP contribution < -0.4 is 0 Å². The van der Waals surface area contributed by atoms with Crippen LogP contribution in [0, 0.1) is 5.41 Å². The van der Waals surface area contributed by atoms with Crippen LogP contribution in [0.1, 0.15) is 20.8 Å². The van der Waals surface area contributed by atoms with E-state index in [1.54, 1.807) is 20.4 Å². The SMILES string of the molecule is C=C(/C(Cl)=C(\COC)P(C)(C)=O)C(C)(C)C. The second-order valence-electron chi connectivity index (χ2n) is 5.27. The van der Waals surface area contributed by atoms with Gasteiger partial charge in [0.1, 0.15) is 7.14 Å². The number of hydrogen-bond donors (Lipinski definition) is 0. The lowest BCUT2D eigenvalue weighted by atomic mass is 9.87. The summed E-state index contributed by atoms with van der Waals surface area (Å²) in [5.41, 5.74) is 0.663. The van der Waals surface area contributed by atoms with Crippen molar-refractivity contribution in [3.8, 4) is 0 Å². The van der Waals surface area contributed by atoms with Crippen LogP contribution in [0.25, 0.3) is 0 Å². The zero-order valence-corrected chi connectivity index (χ0v) is 12.7. The summed E-state index contributed by atoms with van der Waals surface area (Å²) >= 11 is 6.27. The molecule has 0 spiro atoms. The lowest BCUT2D eigenvalue weighted by Crippen LogP contribution is -2.11. The average Bonchev–Trinajstić information content (AvgIpc) is 2.08. The van der Waals surface area contributed by atoms with Crippen LogP contribution >= 0.6 is 18.7 Å². The lowest BCUT2D eigenvalue weighted by molar-refractivity contribution is 0.230. The number of ether oxygens (including phenoxy) is 1. The fourth-order valence-electron chi connectivity index (χ4n) is 1.10. The smallest absolute Gasteiger partial charge is 0.109 e. The molecule has 0 bridgehead atoms. The molecule has 16 heavy (non-hydrogen) atoms. The van der Waals surface area contributed by atoms with E-state index in [1.165, 1.54) is 0 Å². The first-order valence-electron chi connectivity index (χ1n) is 5.14. The highest BCUT2D eigenvalue weighted by Crippen LogP contribution is 2.51. The van der Waals surface area contributed by atoms with Crippen molar-refractivity contribution in [3.63, 3.8) is 0 Å². The van der Waals surface area contributed by atoms with Crippen LogP contribution in [-0.4, -0.2) is 27.0 Å². The van der Waals surface area contributed by atoms with E-state index in [9.17, 15) is 4.57 Å². The summed E-state index contributed by atoms with van der Waals surface area (Å²) in [6.45, 7) is 13.7. The van der Waals surface area contributed by atoms with E-state index in [0.29, 0.717) is 10.3 Å². The maximum atomic E-state index is 12.1. The number of methoxy groups -OCH3 is 1. The Hall–Kier alpha value is -0.0400. The first-order chi connectivity index (χ1) is 7.01. The normalized spacial score (nSPS) is 14.7. The molecule has 0 aromatic rings. The van der Waals surface area contributed by atoms with Gasteiger partial charge in [-0.1, -0.05) is 39.0 Å². The Balaban J connectivity index is 5.47. The Labute approximate surface area is 104 Å². The standard InChI is InChI=1S/C12H22ClO2P/c1-9(12(2,3)4)11(13)10(8-15-5)16(6,7)14/h1,8H2,2-7H3/b11-10-. The fourth-order valence-corrected chi connectivity index (χ4v) is 3.09. The van der Waals surface area contributed by atoms with E-state index < -0.39 is 7.14 Å². The third kappa shape index (κ3) is 4.45. The summed E-state index contributed by atoms with van der Waals surface area (Å²) in [7, 11) is -0.841. The second-order valence-corrected chi connectivity index (χ2v) is 8.89. The van der Waals surface area contributed by atoms with Gasteiger partial charge >= 0.3 is 0 Å². The summed E-state index contributed by atoms with van der Waals surface area (Å²) in [5.74, 6) is 0. The zero-order valence-electron chi connectivity index (χ0n) is 11.1. The minimum Gasteiger partial charge on any atom is -0.380 e. The van der Waals surface area contributed by atoms with Crippen molar-refractivity contribution < 1.29 is 9.30 Å². The van der Waals surface area contributed by atoms with Gasteiger partial charge < -0.3 is 9.30 Å². The molecule has 2 nitrogen and oxygen atoms in total. The van der Waals surface area contributed by atoms with Crippen molar-refractivity contribution in [1.29, 1.82) is 0 Å². The van der Waals surface area contributed by atoms with Crippen LogP contribution in [0.3, 0.4) is 0 Å². The van der Waals surface area contributed by atoms with E-state index in [0.717, 1.165) is 5.57 Å². The summed E-state index contributed by atoms with van der Waals surface area (Å²) in [6, 6.07) is 0. The summed E-state index contributed by atoms with van der Waals surface area (Å²) in [6.07, 6.45) is 0. The van der Waals surface area contributed by atoms with Gasteiger partial charge in [0.15, 0.2) is 0 Å². The van der Waals surface area contributed by atoms with Crippen molar-refractivity contribution in [1.82, 2.24) is 0 Å². The molecule has 0 aliphatic carbocycles. The van der Waals surface area contributed by atoms with Gasteiger partial charge in [0.25, 0.3) is 0 Å². The van der Waals surface area contributed by atoms with Crippen molar-refractivity contribution in [2.45, 2.75) is 20.8 Å². The maximum absolute atomic E-state index is 12.1. The minimum atomic E-state index is -2.41. The second kappa shape index (κ2) is 5.53. The predicted octanol–water partition coefficient (Wildman–Crippen LogP) is 4.31. The Morgan fingerprint density at radius 3 is 2.06 bits per heavy atom. The largest absolute Gasteiger partial charge is 0.380 e. The van der Waals surface area contributed by atoms with Crippen molar-refractivity contribution in [2.75, 3.05) is 27.0 Å². The van der Waals surface area contributed by atoms with E-state index in [1.807, 2.05) is 20.8 Å². The van der Waals surface area contributed by atoms with Gasteiger partial charge in [-0.2, -0.15) is 0 Å². The molecule has 0 heterocycles. The minimum absolute atomic E-state index is 0.134. The molecule has 0 aromatic carbocycles. The maximum Gasteiger partial charge on any atom is 0.109 e. The van der Waals surface area contributed by atoms with Crippen LogP contribution in [0.2, 0.25) is 0 Å². The number of allylic oxidation sites excluding steroid dienone is 2. The van der Waals surface area contributed by atoms with Gasteiger partial charge in [0.05, 0.1) is 11.6 Å². The molecule has 94 valence electrons. The van der Waals surface area contributed by atoms with Gasteiger partial charge in [-0.25, -0.2) is 0 Å². The summed E-state index contributed by atoms with van der Waals surface area (Å²) in [5, 5.41) is 1.17. The summed E-state index contributed by atoms with van der Waals surface area (Å²) in [4.78, 5) is 0. The van der Waals surface area contributed by atoms with Gasteiger partial charge in [-0.3, -0.25) is 0 Å². The van der Waals surface area contributed by atoms with Crippen LogP contribution in [0.4, 0.5) is 0 Å². The third-order valence-electron chi connectivity index (χ3n) is 2.35. The molecule has 0 radical (unpaired) electrons. The molecule has 0 amide bonds. The Morgan fingerprint density at radius 1 is 1.38 bits per heavy atom. The number of halogens is 1. The molecule has 0 N–H and O–H groups in total. The predicted molar refractivity (Wildman–Crippen MR) is 72.8 cm³/mol. The Morgan fingerprint density at radius 2 is 1.81 bits per heavy atom. The molecule has 0 aromatic heterocycles. The lowest BCUT2D eigenvalue weighted by Gasteiger charge is -2.24. The van der Waals surface area contributed by atoms with Crippen LogP contribution in [0.15, 0.2) is 22.5 Å². The van der Waals surface area contributed by atoms with Crippen molar-refractivity contribution in [3.05, 3.63) is 22.5 Å². The Kier molecular flexibility index (Phi) is 5.52. The van der Waals surface area contributed by atoms with Gasteiger partial charge in [-0.15, -0.1) is 0 Å². The number of rotatable bonds is 4. The summed E-state index contributed by atoms with van der Waals surface area (Å²) < 4.78 is 17.2. The molecule has 0 unspecified atom stereocenters. The van der Waals surface area contributed by atoms with Gasteiger partial charge in [0, 0.05) is 12.4 Å². The first kappa shape index (κ1) is 16.0. The topological polar surface area (TPSA) is 26.3 Å². The molecular formula is C12H22ClO2P. The van der Waals surface area contributed by atoms with Gasteiger partial charge in [0.2, 0.25) is 0 Å². The average molecular weight is 265 g/mol. The van der Waals surface area contributed by atoms with Crippen molar-refractivity contribution in [2.24, 2.45) is 5.41 Å². The highest BCUT2D eigenvalue weighted by molar-refractivity contribution is 7.66. The molecule has 0 aliphatic heterocycles. The van der Waals surface area contributed by atoms with E-state index in [-0.39, 0.29) is 12.0 Å². The van der Waals surface area contributed by atoms with Crippen molar-refractivity contribution >= 4 is 18.7 Å². The third-order valence-corrected chi connectivity index (χ3v) is 4.60. The molecule has 0 aliphatic rings. The molecule has 0 saturated carbocycles. The highest BCUT2D eigenvalue weighted by Gasteiger charge is 2.25. The van der Waals surface area contributed by atoms with E-state index >= 15 is 0 Å². The van der Waals surface area contributed by atoms with Crippen LogP contribution in [-0.2, 0) is 9.30 Å². The first-order valence-corrected chi connectivity index (χ1v) is 8.12. The zero-order chi connectivity index (χ0) is 13.1. The van der Waals surface area contributed by atoms with E-state index in [2.05, 4.69) is 6.58 Å².